The molecule has 0 saturated carbocycles. The number of ether oxygens (including phenoxy) is 1. The van der Waals surface area contributed by atoms with Gasteiger partial charge in [-0.05, 0) is 66.7 Å². The lowest BCUT2D eigenvalue weighted by Crippen LogP contribution is -2.06. The zero-order chi connectivity index (χ0) is 21.5. The van der Waals surface area contributed by atoms with Gasteiger partial charge >= 0.3 is 0 Å². The molecular formula is C25H16Br2N2O2. The predicted molar refractivity (Wildman–Crippen MR) is 130 cm³/mol. The first kappa shape index (κ1) is 20.0. The van der Waals surface area contributed by atoms with Crippen LogP contribution in [0.4, 0.5) is 0 Å². The van der Waals surface area contributed by atoms with Gasteiger partial charge in [-0.2, -0.15) is 0 Å². The Balaban J connectivity index is 1.87. The number of benzene rings is 3. The van der Waals surface area contributed by atoms with Crippen LogP contribution in [0.25, 0.3) is 27.6 Å². The van der Waals surface area contributed by atoms with Crippen molar-refractivity contribution in [3.8, 4) is 11.6 Å². The first-order valence-corrected chi connectivity index (χ1v) is 11.2. The number of carbonyl (C=O) groups is 1. The lowest BCUT2D eigenvalue weighted by Gasteiger charge is -2.11. The van der Waals surface area contributed by atoms with Gasteiger partial charge in [0.2, 0.25) is 0 Å². The molecule has 0 bridgehead atoms. The van der Waals surface area contributed by atoms with Crippen molar-refractivity contribution in [3.05, 3.63) is 99.1 Å². The van der Waals surface area contributed by atoms with Crippen LogP contribution in [0, 0.1) is 0 Å². The quantitative estimate of drug-likeness (QED) is 0.234. The minimum Gasteiger partial charge on any atom is -0.497 e. The Labute approximate surface area is 195 Å². The van der Waals surface area contributed by atoms with Crippen molar-refractivity contribution < 1.29 is 9.53 Å². The van der Waals surface area contributed by atoms with Gasteiger partial charge < -0.3 is 4.74 Å². The van der Waals surface area contributed by atoms with E-state index in [0.29, 0.717) is 16.9 Å². The van der Waals surface area contributed by atoms with E-state index in [9.17, 15) is 4.79 Å². The molecule has 2 aromatic heterocycles. The van der Waals surface area contributed by atoms with E-state index in [1.54, 1.807) is 37.6 Å². The second-order valence-corrected chi connectivity index (χ2v) is 8.92. The zero-order valence-corrected chi connectivity index (χ0v) is 19.6. The molecule has 0 aliphatic heterocycles. The number of nitrogens with zero attached hydrogens (tertiary/aromatic N) is 2. The second-order valence-electron chi connectivity index (χ2n) is 7.09. The molecule has 0 saturated heterocycles. The first-order chi connectivity index (χ1) is 15.1. The molecule has 0 unspecified atom stereocenters. The van der Waals surface area contributed by atoms with Crippen molar-refractivity contribution in [3.63, 3.8) is 0 Å². The number of fused-ring (bicyclic) bond motifs is 3. The number of hydrogen-bond donors (Lipinski definition) is 0. The summed E-state index contributed by atoms with van der Waals surface area (Å²) >= 11 is 7.19. The van der Waals surface area contributed by atoms with Crippen LogP contribution in [0.1, 0.15) is 15.9 Å². The van der Waals surface area contributed by atoms with E-state index in [2.05, 4.69) is 47.5 Å². The van der Waals surface area contributed by atoms with Crippen LogP contribution in [0.2, 0.25) is 0 Å². The Bertz CT molecular complexity index is 1440. The maximum absolute atomic E-state index is 13.6. The number of hydrogen-bond acceptors (Lipinski definition) is 3. The van der Waals surface area contributed by atoms with E-state index in [-0.39, 0.29) is 5.78 Å². The van der Waals surface area contributed by atoms with Gasteiger partial charge in [0, 0.05) is 37.0 Å². The van der Waals surface area contributed by atoms with Crippen LogP contribution in [-0.4, -0.2) is 22.4 Å². The lowest BCUT2D eigenvalue weighted by atomic mass is 10.0. The molecule has 0 aliphatic carbocycles. The molecule has 4 nitrogen and oxygen atoms in total. The molecule has 0 fully saturated rings. The third-order valence-electron chi connectivity index (χ3n) is 5.26. The summed E-state index contributed by atoms with van der Waals surface area (Å²) in [5, 5.41) is 2.02. The fourth-order valence-electron chi connectivity index (χ4n) is 3.88. The average Bonchev–Trinajstić information content (AvgIpc) is 3.12. The molecule has 5 aromatic rings. The average molecular weight is 536 g/mol. The summed E-state index contributed by atoms with van der Waals surface area (Å²) < 4.78 is 9.11. The number of rotatable bonds is 4. The third-order valence-corrected chi connectivity index (χ3v) is 6.21. The normalized spacial score (nSPS) is 11.2. The monoisotopic (exact) mass is 534 g/mol. The Morgan fingerprint density at radius 3 is 2.39 bits per heavy atom. The first-order valence-electron chi connectivity index (χ1n) is 9.60. The number of carbonyl (C=O) groups excluding carboxylic acids is 1. The fraction of sp³-hybridized carbons (Fsp3) is 0.0400. The molecular weight excluding hydrogens is 520 g/mol. The van der Waals surface area contributed by atoms with Crippen molar-refractivity contribution in [1.82, 2.24) is 9.55 Å². The van der Waals surface area contributed by atoms with Crippen LogP contribution in [0.15, 0.2) is 87.9 Å². The highest BCUT2D eigenvalue weighted by atomic mass is 79.9. The number of aromatic nitrogens is 2. The number of halogens is 2. The number of methoxy groups -OCH3 is 1. The molecule has 2 heterocycles. The molecule has 0 spiro atoms. The van der Waals surface area contributed by atoms with Gasteiger partial charge in [-0.15, -0.1) is 0 Å². The summed E-state index contributed by atoms with van der Waals surface area (Å²) in [5.41, 5.74) is 3.02. The number of ketones is 1. The molecule has 3 aromatic carbocycles. The van der Waals surface area contributed by atoms with E-state index >= 15 is 0 Å². The smallest absolute Gasteiger partial charge is 0.195 e. The predicted octanol–water partition coefficient (Wildman–Crippen LogP) is 6.94. The lowest BCUT2D eigenvalue weighted by molar-refractivity contribution is 0.104. The van der Waals surface area contributed by atoms with Crippen LogP contribution < -0.4 is 4.74 Å². The Hall–Kier alpha value is -2.96. The molecule has 152 valence electrons. The molecule has 0 atom stereocenters. The molecule has 6 heteroatoms. The fourth-order valence-corrected chi connectivity index (χ4v) is 4.70. The van der Waals surface area contributed by atoms with Gasteiger partial charge in [0.05, 0.1) is 18.1 Å². The summed E-state index contributed by atoms with van der Waals surface area (Å²) in [4.78, 5) is 18.2. The molecule has 5 rings (SSSR count). The molecule has 31 heavy (non-hydrogen) atoms. The Morgan fingerprint density at radius 1 is 0.903 bits per heavy atom. The van der Waals surface area contributed by atoms with Crippen molar-refractivity contribution in [2.24, 2.45) is 0 Å². The second kappa shape index (κ2) is 7.94. The molecule has 0 N–H and O–H groups in total. The van der Waals surface area contributed by atoms with Crippen molar-refractivity contribution in [1.29, 1.82) is 0 Å². The van der Waals surface area contributed by atoms with E-state index in [0.717, 1.165) is 36.6 Å². The molecule has 0 amide bonds. The van der Waals surface area contributed by atoms with Gasteiger partial charge in [-0.3, -0.25) is 9.36 Å². The van der Waals surface area contributed by atoms with Crippen molar-refractivity contribution >= 4 is 59.4 Å². The Kier molecular flexibility index (Phi) is 5.12. The van der Waals surface area contributed by atoms with Crippen LogP contribution in [0.3, 0.4) is 0 Å². The van der Waals surface area contributed by atoms with E-state index in [4.69, 9.17) is 4.74 Å². The van der Waals surface area contributed by atoms with E-state index in [1.165, 1.54) is 0 Å². The third kappa shape index (κ3) is 3.46. The highest BCUT2D eigenvalue weighted by Gasteiger charge is 2.21. The SMILES string of the molecule is COc1ccc(C(=O)c2cc(Br)cc3c4cc(Br)ccc4n(-c4ccccn4)c23)cc1. The molecule has 0 aliphatic rings. The summed E-state index contributed by atoms with van der Waals surface area (Å²) in [7, 11) is 1.61. The van der Waals surface area contributed by atoms with Crippen molar-refractivity contribution in [2.75, 3.05) is 7.11 Å². The van der Waals surface area contributed by atoms with Gasteiger partial charge in [0.15, 0.2) is 5.78 Å². The van der Waals surface area contributed by atoms with E-state index in [1.807, 2.05) is 42.5 Å². The standard InChI is InChI=1S/C25H16Br2N2O2/c1-31-18-8-5-15(6-9-18)25(30)21-14-17(27)13-20-19-12-16(26)7-10-22(19)29(24(20)21)23-4-2-3-11-28-23/h2-14H,1H3. The topological polar surface area (TPSA) is 44.1 Å². The van der Waals surface area contributed by atoms with Crippen LogP contribution in [-0.2, 0) is 0 Å². The summed E-state index contributed by atoms with van der Waals surface area (Å²) in [6.07, 6.45) is 1.76. The van der Waals surface area contributed by atoms with Crippen LogP contribution in [0.5, 0.6) is 5.75 Å². The molecule has 0 radical (unpaired) electrons. The van der Waals surface area contributed by atoms with Crippen LogP contribution >= 0.6 is 31.9 Å². The minimum atomic E-state index is -0.0620. The Morgan fingerprint density at radius 2 is 1.68 bits per heavy atom. The minimum absolute atomic E-state index is 0.0620. The summed E-state index contributed by atoms with van der Waals surface area (Å²) in [5.74, 6) is 1.41. The van der Waals surface area contributed by atoms with Gasteiger partial charge in [0.1, 0.15) is 11.6 Å². The largest absolute Gasteiger partial charge is 0.497 e. The van der Waals surface area contributed by atoms with Gasteiger partial charge in [-0.1, -0.05) is 37.9 Å². The zero-order valence-electron chi connectivity index (χ0n) is 16.5. The maximum Gasteiger partial charge on any atom is 0.195 e. The summed E-state index contributed by atoms with van der Waals surface area (Å²) in [6, 6.07) is 23.0. The highest BCUT2D eigenvalue weighted by Crippen LogP contribution is 2.37. The number of pyridine rings is 1. The van der Waals surface area contributed by atoms with Gasteiger partial charge in [-0.25, -0.2) is 4.98 Å². The van der Waals surface area contributed by atoms with Crippen molar-refractivity contribution in [2.45, 2.75) is 0 Å². The van der Waals surface area contributed by atoms with E-state index < -0.39 is 0 Å². The highest BCUT2D eigenvalue weighted by molar-refractivity contribution is 9.10. The summed E-state index contributed by atoms with van der Waals surface area (Å²) in [6.45, 7) is 0. The maximum atomic E-state index is 13.6. The van der Waals surface area contributed by atoms with Gasteiger partial charge in [0.25, 0.3) is 0 Å².